The Morgan fingerprint density at radius 2 is 1.85 bits per heavy atom. The Balaban J connectivity index is 1.86. The molecule has 1 fully saturated rings. The van der Waals surface area contributed by atoms with Gasteiger partial charge in [0.25, 0.3) is 0 Å². The summed E-state index contributed by atoms with van der Waals surface area (Å²) in [5, 5.41) is 12.3. The minimum atomic E-state index is -0.237. The van der Waals surface area contributed by atoms with E-state index in [1.165, 1.54) is 12.1 Å². The van der Waals surface area contributed by atoms with E-state index in [-0.39, 0.29) is 11.9 Å². The highest BCUT2D eigenvalue weighted by atomic mass is 19.1. The summed E-state index contributed by atoms with van der Waals surface area (Å²) in [6.07, 6.45) is 1.16. The molecule has 1 aliphatic rings. The van der Waals surface area contributed by atoms with Crippen LogP contribution in [0.5, 0.6) is 0 Å². The number of hydrogen-bond donors (Lipinski definition) is 0. The maximum absolute atomic E-state index is 13.4. The fourth-order valence-electron chi connectivity index (χ4n) is 3.47. The molecule has 142 valence electrons. The zero-order valence-electron chi connectivity index (χ0n) is 15.5. The van der Waals surface area contributed by atoms with Crippen LogP contribution in [0.4, 0.5) is 4.39 Å². The van der Waals surface area contributed by atoms with E-state index in [9.17, 15) is 4.39 Å². The summed E-state index contributed by atoms with van der Waals surface area (Å²) >= 11 is 0. The van der Waals surface area contributed by atoms with E-state index in [2.05, 4.69) is 32.2 Å². The number of aromatic nitrogens is 4. The van der Waals surface area contributed by atoms with Crippen molar-refractivity contribution in [3.8, 4) is 0 Å². The minimum Gasteiger partial charge on any atom is -0.383 e. The molecule has 0 amide bonds. The molecule has 3 rings (SSSR count). The number of ether oxygens (including phenoxy) is 1. The fourth-order valence-corrected chi connectivity index (χ4v) is 3.47. The second kappa shape index (κ2) is 9.16. The predicted octanol–water partition coefficient (Wildman–Crippen LogP) is 1.58. The lowest BCUT2D eigenvalue weighted by Gasteiger charge is -2.38. The molecule has 2 heterocycles. The SMILES string of the molecule is CCCN1CCN([C@H](c2ccc(F)cc2)c2nnnn2CCOC)CC1. The summed E-state index contributed by atoms with van der Waals surface area (Å²) < 4.78 is 20.4. The van der Waals surface area contributed by atoms with Crippen LogP contribution in [0.15, 0.2) is 24.3 Å². The molecule has 26 heavy (non-hydrogen) atoms. The molecule has 1 aromatic heterocycles. The molecule has 2 aromatic rings. The molecule has 0 saturated carbocycles. The Morgan fingerprint density at radius 3 is 2.50 bits per heavy atom. The second-order valence-electron chi connectivity index (χ2n) is 6.58. The van der Waals surface area contributed by atoms with E-state index in [1.807, 2.05) is 12.1 Å². The van der Waals surface area contributed by atoms with Gasteiger partial charge >= 0.3 is 0 Å². The molecule has 1 saturated heterocycles. The molecule has 0 spiro atoms. The van der Waals surface area contributed by atoms with Crippen molar-refractivity contribution in [2.45, 2.75) is 25.9 Å². The number of nitrogens with zero attached hydrogens (tertiary/aromatic N) is 6. The van der Waals surface area contributed by atoms with Crippen LogP contribution >= 0.6 is 0 Å². The third kappa shape index (κ3) is 4.44. The molecular formula is C18H27FN6O. The number of methoxy groups -OCH3 is 1. The Labute approximate surface area is 153 Å². The van der Waals surface area contributed by atoms with E-state index in [1.54, 1.807) is 11.8 Å². The molecule has 0 unspecified atom stereocenters. The summed E-state index contributed by atoms with van der Waals surface area (Å²) in [5.74, 6) is 0.539. The first-order valence-corrected chi connectivity index (χ1v) is 9.19. The van der Waals surface area contributed by atoms with Crippen LogP contribution in [0.1, 0.15) is 30.8 Å². The Hall–Kier alpha value is -1.90. The third-order valence-electron chi connectivity index (χ3n) is 4.81. The van der Waals surface area contributed by atoms with Gasteiger partial charge in [-0.15, -0.1) is 5.10 Å². The molecule has 1 aromatic carbocycles. The lowest BCUT2D eigenvalue weighted by atomic mass is 10.0. The topological polar surface area (TPSA) is 59.3 Å². The van der Waals surface area contributed by atoms with Gasteiger partial charge in [-0.25, -0.2) is 9.07 Å². The van der Waals surface area contributed by atoms with Gasteiger partial charge in [0.15, 0.2) is 5.82 Å². The van der Waals surface area contributed by atoms with Crippen molar-refractivity contribution in [1.82, 2.24) is 30.0 Å². The van der Waals surface area contributed by atoms with Crippen LogP contribution in [-0.4, -0.2) is 76.4 Å². The van der Waals surface area contributed by atoms with Gasteiger partial charge in [-0.05, 0) is 41.1 Å². The minimum absolute atomic E-state index is 0.0915. The maximum atomic E-state index is 13.4. The molecule has 0 aliphatic carbocycles. The Kier molecular flexibility index (Phi) is 6.65. The van der Waals surface area contributed by atoms with E-state index in [0.29, 0.717) is 13.2 Å². The molecule has 7 nitrogen and oxygen atoms in total. The molecule has 1 aliphatic heterocycles. The monoisotopic (exact) mass is 362 g/mol. The van der Waals surface area contributed by atoms with Gasteiger partial charge in [0, 0.05) is 33.3 Å². The lowest BCUT2D eigenvalue weighted by Crippen LogP contribution is -2.48. The van der Waals surface area contributed by atoms with Crippen LogP contribution in [0.3, 0.4) is 0 Å². The van der Waals surface area contributed by atoms with E-state index >= 15 is 0 Å². The van der Waals surface area contributed by atoms with Gasteiger partial charge in [-0.2, -0.15) is 0 Å². The zero-order valence-corrected chi connectivity index (χ0v) is 15.5. The zero-order chi connectivity index (χ0) is 18.4. The number of halogens is 1. The Bertz CT molecular complexity index is 669. The number of rotatable bonds is 8. The van der Waals surface area contributed by atoms with Gasteiger partial charge in [-0.1, -0.05) is 19.1 Å². The van der Waals surface area contributed by atoms with Crippen LogP contribution < -0.4 is 0 Å². The van der Waals surface area contributed by atoms with Crippen LogP contribution in [0.2, 0.25) is 0 Å². The number of tetrazole rings is 1. The summed E-state index contributed by atoms with van der Waals surface area (Å²) in [4.78, 5) is 4.86. The standard InChI is InChI=1S/C18H27FN6O/c1-3-8-23-9-11-24(12-10-23)17(15-4-6-16(19)7-5-15)18-20-21-22-25(18)13-14-26-2/h4-7,17H,3,8-14H2,1-2H3/t17-/m1/s1. The molecule has 8 heteroatoms. The average Bonchev–Trinajstić information content (AvgIpc) is 3.11. The van der Waals surface area contributed by atoms with E-state index in [0.717, 1.165) is 50.5 Å². The van der Waals surface area contributed by atoms with Gasteiger partial charge in [0.05, 0.1) is 19.2 Å². The number of hydrogen-bond acceptors (Lipinski definition) is 6. The highest BCUT2D eigenvalue weighted by molar-refractivity contribution is 5.25. The van der Waals surface area contributed by atoms with E-state index in [4.69, 9.17) is 4.74 Å². The normalized spacial score (nSPS) is 17.5. The van der Waals surface area contributed by atoms with Crippen molar-refractivity contribution < 1.29 is 9.13 Å². The number of piperazine rings is 1. The van der Waals surface area contributed by atoms with E-state index < -0.39 is 0 Å². The lowest BCUT2D eigenvalue weighted by molar-refractivity contribution is 0.103. The first-order valence-electron chi connectivity index (χ1n) is 9.19. The first kappa shape index (κ1) is 18.9. The fraction of sp³-hybridized carbons (Fsp3) is 0.611. The molecule has 0 bridgehead atoms. The van der Waals surface area contributed by atoms with Gasteiger partial charge in [0.1, 0.15) is 5.82 Å². The average molecular weight is 362 g/mol. The molecule has 0 radical (unpaired) electrons. The summed E-state index contributed by atoms with van der Waals surface area (Å²) in [6, 6.07) is 6.56. The van der Waals surface area contributed by atoms with Crippen molar-refractivity contribution in [2.24, 2.45) is 0 Å². The van der Waals surface area contributed by atoms with Crippen LogP contribution in [0, 0.1) is 5.82 Å². The summed E-state index contributed by atoms with van der Waals surface area (Å²) in [7, 11) is 1.66. The summed E-state index contributed by atoms with van der Waals surface area (Å²) in [6.45, 7) is 8.36. The van der Waals surface area contributed by atoms with Crippen LogP contribution in [0.25, 0.3) is 0 Å². The van der Waals surface area contributed by atoms with Gasteiger partial charge < -0.3 is 9.64 Å². The van der Waals surface area contributed by atoms with Crippen molar-refractivity contribution >= 4 is 0 Å². The Morgan fingerprint density at radius 1 is 1.12 bits per heavy atom. The largest absolute Gasteiger partial charge is 0.383 e. The molecule has 1 atom stereocenters. The van der Waals surface area contributed by atoms with Crippen molar-refractivity contribution in [1.29, 1.82) is 0 Å². The van der Waals surface area contributed by atoms with Gasteiger partial charge in [0.2, 0.25) is 0 Å². The van der Waals surface area contributed by atoms with Crippen molar-refractivity contribution in [3.63, 3.8) is 0 Å². The molecular weight excluding hydrogens is 335 g/mol. The maximum Gasteiger partial charge on any atom is 0.173 e. The van der Waals surface area contributed by atoms with Crippen molar-refractivity contribution in [2.75, 3.05) is 46.4 Å². The first-order chi connectivity index (χ1) is 12.7. The number of benzene rings is 1. The highest BCUT2D eigenvalue weighted by Crippen LogP contribution is 2.28. The highest BCUT2D eigenvalue weighted by Gasteiger charge is 2.30. The van der Waals surface area contributed by atoms with Crippen LogP contribution in [-0.2, 0) is 11.3 Å². The smallest absolute Gasteiger partial charge is 0.173 e. The third-order valence-corrected chi connectivity index (χ3v) is 4.81. The second-order valence-corrected chi connectivity index (χ2v) is 6.58. The summed E-state index contributed by atoms with van der Waals surface area (Å²) in [5.41, 5.74) is 1.00. The van der Waals surface area contributed by atoms with Crippen molar-refractivity contribution in [3.05, 3.63) is 41.5 Å². The molecule has 0 N–H and O–H groups in total. The predicted molar refractivity (Wildman–Crippen MR) is 96.2 cm³/mol. The quantitative estimate of drug-likeness (QED) is 0.711. The van der Waals surface area contributed by atoms with Gasteiger partial charge in [-0.3, -0.25) is 4.90 Å².